The zero-order valence-electron chi connectivity index (χ0n) is 20.7. The molecular weight excluding hydrogens is 552 g/mol. The molecule has 200 valence electrons. The Bertz CT molecular complexity index is 1660. The lowest BCUT2D eigenvalue weighted by Crippen LogP contribution is -2.16. The van der Waals surface area contributed by atoms with E-state index >= 15 is 0 Å². The Hall–Kier alpha value is -3.89. The second-order valence-electron chi connectivity index (χ2n) is 9.20. The van der Waals surface area contributed by atoms with Gasteiger partial charge in [0.15, 0.2) is 17.2 Å². The summed E-state index contributed by atoms with van der Waals surface area (Å²) >= 11 is 12.2. The van der Waals surface area contributed by atoms with Crippen LogP contribution in [-0.2, 0) is 12.7 Å². The Balaban J connectivity index is 1.48. The number of rotatable bonds is 6. The summed E-state index contributed by atoms with van der Waals surface area (Å²) in [5, 5.41) is 11.4. The van der Waals surface area contributed by atoms with Crippen LogP contribution < -0.4 is 5.32 Å². The number of fused-ring (bicyclic) bond motifs is 1. The molecule has 39 heavy (non-hydrogen) atoms. The van der Waals surface area contributed by atoms with Gasteiger partial charge in [0.1, 0.15) is 10.6 Å². The SMILES string of the molecule is CC(C)c1ccc(-c2cc(C(F)(F)F)n3ncc(C(=O)Nc4nn(Cc5ccc(Cl)cc5)cc4Cl)c3n2)cc1. The number of alkyl halides is 3. The molecule has 0 radical (unpaired) electrons. The van der Waals surface area contributed by atoms with Crippen molar-refractivity contribution in [1.29, 1.82) is 0 Å². The molecule has 0 aliphatic rings. The van der Waals surface area contributed by atoms with E-state index in [0.29, 0.717) is 21.6 Å². The van der Waals surface area contributed by atoms with Gasteiger partial charge in [-0.2, -0.15) is 23.4 Å². The van der Waals surface area contributed by atoms with Crippen molar-refractivity contribution >= 4 is 40.6 Å². The van der Waals surface area contributed by atoms with Crippen LogP contribution >= 0.6 is 23.2 Å². The third kappa shape index (κ3) is 5.62. The predicted octanol–water partition coefficient (Wildman–Crippen LogP) is 7.34. The lowest BCUT2D eigenvalue weighted by molar-refractivity contribution is -0.142. The Morgan fingerprint density at radius 2 is 1.74 bits per heavy atom. The number of carbonyl (C=O) groups excluding carboxylic acids is 1. The lowest BCUT2D eigenvalue weighted by Gasteiger charge is -2.12. The molecule has 0 atom stereocenters. The normalized spacial score (nSPS) is 11.9. The maximum Gasteiger partial charge on any atom is 0.433 e. The monoisotopic (exact) mass is 572 g/mol. The highest BCUT2D eigenvalue weighted by Crippen LogP contribution is 2.33. The lowest BCUT2D eigenvalue weighted by atomic mass is 10.0. The Morgan fingerprint density at radius 1 is 1.05 bits per heavy atom. The van der Waals surface area contributed by atoms with Gasteiger partial charge in [0.2, 0.25) is 0 Å². The molecule has 3 aromatic heterocycles. The number of halogens is 5. The number of hydrogen-bond donors (Lipinski definition) is 1. The molecule has 12 heteroatoms. The Kier molecular flexibility index (Phi) is 7.09. The maximum atomic E-state index is 14.0. The summed E-state index contributed by atoms with van der Waals surface area (Å²) in [4.78, 5) is 17.5. The van der Waals surface area contributed by atoms with Gasteiger partial charge in [-0.25, -0.2) is 9.50 Å². The van der Waals surface area contributed by atoms with E-state index in [9.17, 15) is 18.0 Å². The summed E-state index contributed by atoms with van der Waals surface area (Å²) < 4.78 is 44.0. The van der Waals surface area contributed by atoms with E-state index in [-0.39, 0.29) is 33.7 Å². The van der Waals surface area contributed by atoms with Gasteiger partial charge in [0.05, 0.1) is 18.4 Å². The van der Waals surface area contributed by atoms with Crippen molar-refractivity contribution < 1.29 is 18.0 Å². The average Bonchev–Trinajstić information content (AvgIpc) is 3.47. The summed E-state index contributed by atoms with van der Waals surface area (Å²) in [7, 11) is 0. The van der Waals surface area contributed by atoms with Crippen molar-refractivity contribution in [3.63, 3.8) is 0 Å². The Morgan fingerprint density at radius 3 is 2.38 bits per heavy atom. The molecule has 0 unspecified atom stereocenters. The molecule has 3 heterocycles. The number of aromatic nitrogens is 5. The fourth-order valence-corrected chi connectivity index (χ4v) is 4.35. The van der Waals surface area contributed by atoms with E-state index in [4.69, 9.17) is 23.2 Å². The standard InChI is InChI=1S/C27H21Cl2F3N6O/c1-15(2)17-5-7-18(8-6-17)22-11-23(27(30,31)32)38-25(34-22)20(12-33-38)26(39)35-24-21(29)14-37(36-24)13-16-3-9-19(28)10-4-16/h3-12,14-15H,13H2,1-2H3,(H,35,36,39). The molecule has 1 amide bonds. The molecule has 0 spiro atoms. The van der Waals surface area contributed by atoms with Crippen LogP contribution in [0.4, 0.5) is 19.0 Å². The number of hydrogen-bond acceptors (Lipinski definition) is 4. The molecule has 1 N–H and O–H groups in total. The highest BCUT2D eigenvalue weighted by atomic mass is 35.5. The number of carbonyl (C=O) groups is 1. The van der Waals surface area contributed by atoms with Crippen LogP contribution in [0.15, 0.2) is 67.0 Å². The van der Waals surface area contributed by atoms with Crippen LogP contribution in [0.25, 0.3) is 16.9 Å². The maximum absolute atomic E-state index is 14.0. The van der Waals surface area contributed by atoms with Crippen molar-refractivity contribution in [2.45, 2.75) is 32.5 Å². The number of benzene rings is 2. The van der Waals surface area contributed by atoms with Crippen LogP contribution in [0.5, 0.6) is 0 Å². The van der Waals surface area contributed by atoms with E-state index < -0.39 is 17.8 Å². The third-order valence-corrected chi connectivity index (χ3v) is 6.62. The zero-order chi connectivity index (χ0) is 27.9. The van der Waals surface area contributed by atoms with E-state index in [1.807, 2.05) is 38.1 Å². The van der Waals surface area contributed by atoms with Gasteiger partial charge >= 0.3 is 6.18 Å². The second kappa shape index (κ2) is 10.3. The summed E-state index contributed by atoms with van der Waals surface area (Å²) in [6.45, 7) is 4.40. The molecule has 0 saturated carbocycles. The van der Waals surface area contributed by atoms with E-state index in [1.54, 1.807) is 24.3 Å². The van der Waals surface area contributed by atoms with Gasteiger partial charge < -0.3 is 5.32 Å². The minimum atomic E-state index is -4.74. The molecule has 0 aliphatic heterocycles. The quantitative estimate of drug-likeness (QED) is 0.231. The summed E-state index contributed by atoms with van der Waals surface area (Å²) in [5.41, 5.74) is 1.00. The molecular formula is C27H21Cl2F3N6O. The molecule has 5 aromatic rings. The van der Waals surface area contributed by atoms with Crippen LogP contribution in [0.1, 0.15) is 46.9 Å². The first-order chi connectivity index (χ1) is 18.5. The first kappa shape index (κ1) is 26.7. The first-order valence-electron chi connectivity index (χ1n) is 11.8. The molecule has 7 nitrogen and oxygen atoms in total. The van der Waals surface area contributed by atoms with Crippen LogP contribution in [0, 0.1) is 0 Å². The van der Waals surface area contributed by atoms with E-state index in [0.717, 1.165) is 23.4 Å². The Labute approximate surface area is 231 Å². The average molecular weight is 573 g/mol. The summed E-state index contributed by atoms with van der Waals surface area (Å²) in [6, 6.07) is 15.1. The fourth-order valence-electron chi connectivity index (χ4n) is 4.03. The van der Waals surface area contributed by atoms with Crippen molar-refractivity contribution in [3.8, 4) is 11.3 Å². The smallest absolute Gasteiger partial charge is 0.304 e. The van der Waals surface area contributed by atoms with Crippen molar-refractivity contribution in [3.05, 3.63) is 99.4 Å². The van der Waals surface area contributed by atoms with Gasteiger partial charge in [-0.1, -0.05) is 73.4 Å². The molecule has 0 fully saturated rings. The molecule has 5 rings (SSSR count). The number of anilines is 1. The van der Waals surface area contributed by atoms with Crippen LogP contribution in [-0.4, -0.2) is 30.3 Å². The van der Waals surface area contributed by atoms with Gasteiger partial charge in [-0.15, -0.1) is 0 Å². The fraction of sp³-hybridized carbons (Fsp3) is 0.185. The summed E-state index contributed by atoms with van der Waals surface area (Å²) in [5.74, 6) is -0.449. The largest absolute Gasteiger partial charge is 0.433 e. The molecule has 0 saturated heterocycles. The van der Waals surface area contributed by atoms with E-state index in [2.05, 4.69) is 20.5 Å². The van der Waals surface area contributed by atoms with Crippen LogP contribution in [0.3, 0.4) is 0 Å². The van der Waals surface area contributed by atoms with Gasteiger partial charge in [0.25, 0.3) is 5.91 Å². The first-order valence-corrected chi connectivity index (χ1v) is 12.6. The third-order valence-electron chi connectivity index (χ3n) is 6.09. The predicted molar refractivity (Wildman–Crippen MR) is 143 cm³/mol. The number of nitrogens with one attached hydrogen (secondary N) is 1. The van der Waals surface area contributed by atoms with Gasteiger partial charge in [-0.05, 0) is 35.2 Å². The minimum absolute atomic E-state index is 0.0476. The molecule has 0 aliphatic carbocycles. The highest BCUT2D eigenvalue weighted by Gasteiger charge is 2.36. The van der Waals surface area contributed by atoms with Crippen LogP contribution in [0.2, 0.25) is 10.0 Å². The zero-order valence-corrected chi connectivity index (χ0v) is 22.2. The molecule has 0 bridgehead atoms. The summed E-state index contributed by atoms with van der Waals surface area (Å²) in [6.07, 6.45) is -2.17. The minimum Gasteiger partial charge on any atom is -0.304 e. The second-order valence-corrected chi connectivity index (χ2v) is 10.0. The molecule has 2 aromatic carbocycles. The van der Waals surface area contributed by atoms with E-state index in [1.165, 1.54) is 10.9 Å². The van der Waals surface area contributed by atoms with Gasteiger partial charge in [0, 0.05) is 16.8 Å². The van der Waals surface area contributed by atoms with Crippen molar-refractivity contribution in [1.82, 2.24) is 24.4 Å². The number of amides is 1. The topological polar surface area (TPSA) is 77.1 Å². The van der Waals surface area contributed by atoms with Gasteiger partial charge in [-0.3, -0.25) is 9.48 Å². The van der Waals surface area contributed by atoms with Crippen molar-refractivity contribution in [2.24, 2.45) is 0 Å². The number of nitrogens with zero attached hydrogens (tertiary/aromatic N) is 5. The van der Waals surface area contributed by atoms with Crippen molar-refractivity contribution in [2.75, 3.05) is 5.32 Å². The highest BCUT2D eigenvalue weighted by molar-refractivity contribution is 6.33.